The Balaban J connectivity index is 1.56. The molecule has 3 rings (SSSR count). The number of nitrogens with one attached hydrogen (secondary N) is 2. The lowest BCUT2D eigenvalue weighted by atomic mass is 10.2. The van der Waals surface area contributed by atoms with Gasteiger partial charge in [-0.15, -0.1) is 0 Å². The van der Waals surface area contributed by atoms with Crippen molar-refractivity contribution < 1.29 is 4.74 Å². The number of halogens is 1. The first-order valence-corrected chi connectivity index (χ1v) is 8.87. The van der Waals surface area contributed by atoms with Crippen LogP contribution in [0, 0.1) is 5.41 Å². The lowest BCUT2D eigenvalue weighted by Crippen LogP contribution is -2.10. The topological polar surface area (TPSA) is 71.1 Å². The highest BCUT2D eigenvalue weighted by atomic mass is 35.5. The van der Waals surface area contributed by atoms with Crippen molar-refractivity contribution >= 4 is 28.2 Å². The van der Waals surface area contributed by atoms with Gasteiger partial charge >= 0.3 is 0 Å². The van der Waals surface area contributed by atoms with Gasteiger partial charge in [0.15, 0.2) is 0 Å². The van der Waals surface area contributed by atoms with Gasteiger partial charge in [-0.05, 0) is 72.3 Å². The molecule has 0 unspecified atom stereocenters. The Labute approximate surface area is 163 Å². The maximum absolute atomic E-state index is 7.39. The normalized spacial score (nSPS) is 11.1. The third kappa shape index (κ3) is 5.36. The van der Waals surface area contributed by atoms with Crippen molar-refractivity contribution in [2.45, 2.75) is 0 Å². The minimum atomic E-state index is 0.0594. The number of hydrogen-bond donors (Lipinski definition) is 3. The number of rotatable bonds is 7. The zero-order valence-corrected chi connectivity index (χ0v) is 15.4. The number of anilines is 1. The van der Waals surface area contributed by atoms with E-state index in [0.29, 0.717) is 17.1 Å². The number of nitrogen functional groups attached to an aromatic ring is 1. The lowest BCUT2D eigenvalue weighted by Gasteiger charge is -2.07. The van der Waals surface area contributed by atoms with E-state index in [1.807, 2.05) is 72.8 Å². The van der Waals surface area contributed by atoms with E-state index in [0.717, 1.165) is 22.7 Å². The first kappa shape index (κ1) is 18.5. The largest absolute Gasteiger partial charge is 0.457 e. The summed E-state index contributed by atoms with van der Waals surface area (Å²) in [7, 11) is 0. The zero-order chi connectivity index (χ0) is 19.1. The fourth-order valence-corrected chi connectivity index (χ4v) is 2.65. The molecule has 3 aromatic rings. The number of para-hydroxylation sites is 1. The van der Waals surface area contributed by atoms with E-state index < -0.39 is 0 Å². The second-order valence-electron chi connectivity index (χ2n) is 5.86. The molecule has 4 nitrogen and oxygen atoms in total. The highest BCUT2D eigenvalue weighted by Gasteiger charge is 2.01. The summed E-state index contributed by atoms with van der Waals surface area (Å²) < 4.78 is 5.78. The van der Waals surface area contributed by atoms with Gasteiger partial charge in [-0.1, -0.05) is 29.8 Å². The Kier molecular flexibility index (Phi) is 6.13. The van der Waals surface area contributed by atoms with Crippen LogP contribution in [0.25, 0.3) is 5.03 Å². The van der Waals surface area contributed by atoms with E-state index in [1.54, 1.807) is 12.1 Å². The molecule has 136 valence electrons. The van der Waals surface area contributed by atoms with Gasteiger partial charge in [-0.25, -0.2) is 0 Å². The fourth-order valence-electron chi connectivity index (χ4n) is 2.45. The predicted molar refractivity (Wildman–Crippen MR) is 113 cm³/mol. The van der Waals surface area contributed by atoms with E-state index in [9.17, 15) is 0 Å². The van der Waals surface area contributed by atoms with E-state index >= 15 is 0 Å². The van der Waals surface area contributed by atoms with Gasteiger partial charge in [0.2, 0.25) is 0 Å². The molecule has 0 heterocycles. The third-order valence-electron chi connectivity index (χ3n) is 3.89. The smallest absolute Gasteiger partial charge is 0.127 e. The molecule has 0 saturated heterocycles. The summed E-state index contributed by atoms with van der Waals surface area (Å²) in [6.45, 7) is 0.584. The molecule has 27 heavy (non-hydrogen) atoms. The number of hydrogen-bond acceptors (Lipinski definition) is 3. The van der Waals surface area contributed by atoms with E-state index in [4.69, 9.17) is 27.5 Å². The molecule has 0 aliphatic heterocycles. The first-order valence-electron chi connectivity index (χ1n) is 8.49. The number of amidine groups is 1. The van der Waals surface area contributed by atoms with Crippen molar-refractivity contribution in [3.8, 4) is 11.5 Å². The van der Waals surface area contributed by atoms with Crippen LogP contribution in [-0.4, -0.2) is 12.4 Å². The molecule has 4 N–H and O–H groups in total. The Hall–Kier alpha value is -3.24. The molecule has 0 amide bonds. The second-order valence-corrected chi connectivity index (χ2v) is 6.27. The highest BCUT2D eigenvalue weighted by molar-refractivity contribution is 6.48. The summed E-state index contributed by atoms with van der Waals surface area (Å²) in [5.41, 5.74) is 8.01. The Bertz CT molecular complexity index is 920. The number of benzene rings is 3. The highest BCUT2D eigenvalue weighted by Crippen LogP contribution is 2.25. The number of ether oxygens (including phenoxy) is 1. The SMILES string of the molecule is N=C(N)c1ccc(NCC=C(Cl)c2ccc(Oc3ccccc3)cc2)cc1. The standard InChI is InChI=1S/C22H20ClN3O/c23-21(14-15-26-18-10-6-17(7-11-18)22(24)25)16-8-12-20(13-9-16)27-19-4-2-1-3-5-19/h1-14,26H,15H2,(H3,24,25). The molecule has 0 aliphatic rings. The predicted octanol–water partition coefficient (Wildman–Crippen LogP) is 5.45. The fraction of sp³-hybridized carbons (Fsp3) is 0.0455. The average Bonchev–Trinajstić information content (AvgIpc) is 2.69. The molecule has 0 bridgehead atoms. The van der Waals surface area contributed by atoms with E-state index in [1.165, 1.54) is 0 Å². The monoisotopic (exact) mass is 377 g/mol. The van der Waals surface area contributed by atoms with Crippen molar-refractivity contribution in [1.29, 1.82) is 5.41 Å². The van der Waals surface area contributed by atoms with Crippen LogP contribution < -0.4 is 15.8 Å². The maximum Gasteiger partial charge on any atom is 0.127 e. The van der Waals surface area contributed by atoms with Crippen LogP contribution >= 0.6 is 11.6 Å². The van der Waals surface area contributed by atoms with Gasteiger partial charge in [-0.3, -0.25) is 5.41 Å². The second kappa shape index (κ2) is 8.92. The van der Waals surface area contributed by atoms with E-state index in [2.05, 4.69) is 5.32 Å². The van der Waals surface area contributed by atoms with Crippen molar-refractivity contribution in [2.75, 3.05) is 11.9 Å². The summed E-state index contributed by atoms with van der Waals surface area (Å²) in [6, 6.07) is 24.7. The Morgan fingerprint density at radius 2 is 1.48 bits per heavy atom. The minimum Gasteiger partial charge on any atom is -0.457 e. The molecule has 0 aliphatic carbocycles. The van der Waals surface area contributed by atoms with Gasteiger partial charge in [-0.2, -0.15) is 0 Å². The molecule has 0 spiro atoms. The molecule has 3 aromatic carbocycles. The van der Waals surface area contributed by atoms with Crippen LogP contribution in [-0.2, 0) is 0 Å². The van der Waals surface area contributed by atoms with Gasteiger partial charge in [0, 0.05) is 22.8 Å². The van der Waals surface area contributed by atoms with Crippen LogP contribution in [0.4, 0.5) is 5.69 Å². The maximum atomic E-state index is 7.39. The third-order valence-corrected chi connectivity index (χ3v) is 4.26. The summed E-state index contributed by atoms with van der Waals surface area (Å²) in [5, 5.41) is 11.3. The first-order chi connectivity index (χ1) is 13.1. The lowest BCUT2D eigenvalue weighted by molar-refractivity contribution is 0.482. The zero-order valence-electron chi connectivity index (χ0n) is 14.7. The van der Waals surface area contributed by atoms with Crippen LogP contribution in [0.5, 0.6) is 11.5 Å². The van der Waals surface area contributed by atoms with Gasteiger partial charge in [0.05, 0.1) is 0 Å². The molecule has 0 radical (unpaired) electrons. The van der Waals surface area contributed by atoms with Gasteiger partial charge in [0.25, 0.3) is 0 Å². The molecule has 0 aromatic heterocycles. The summed E-state index contributed by atoms with van der Waals surface area (Å²) >= 11 is 6.39. The Morgan fingerprint density at radius 1 is 0.889 bits per heavy atom. The van der Waals surface area contributed by atoms with Crippen LogP contribution in [0.2, 0.25) is 0 Å². The Morgan fingerprint density at radius 3 is 2.11 bits per heavy atom. The molecular formula is C22H20ClN3O. The van der Waals surface area contributed by atoms with E-state index in [-0.39, 0.29) is 5.84 Å². The summed E-state index contributed by atoms with van der Waals surface area (Å²) in [5.74, 6) is 1.62. The molecule has 0 atom stereocenters. The van der Waals surface area contributed by atoms with Crippen LogP contribution in [0.15, 0.2) is 84.9 Å². The van der Waals surface area contributed by atoms with Gasteiger partial charge in [0.1, 0.15) is 17.3 Å². The van der Waals surface area contributed by atoms with Crippen molar-refractivity contribution in [3.05, 3.63) is 96.1 Å². The summed E-state index contributed by atoms with van der Waals surface area (Å²) in [6.07, 6.45) is 1.91. The van der Waals surface area contributed by atoms with Crippen LogP contribution in [0.3, 0.4) is 0 Å². The average molecular weight is 378 g/mol. The molecule has 0 fully saturated rings. The van der Waals surface area contributed by atoms with Crippen molar-refractivity contribution in [1.82, 2.24) is 0 Å². The van der Waals surface area contributed by atoms with Crippen LogP contribution in [0.1, 0.15) is 11.1 Å². The quantitative estimate of drug-likeness (QED) is 0.378. The number of nitrogens with two attached hydrogens (primary N) is 1. The molecule has 0 saturated carbocycles. The summed E-state index contributed by atoms with van der Waals surface area (Å²) in [4.78, 5) is 0. The van der Waals surface area contributed by atoms with Crippen molar-refractivity contribution in [2.24, 2.45) is 5.73 Å². The van der Waals surface area contributed by atoms with Crippen molar-refractivity contribution in [3.63, 3.8) is 0 Å². The van der Waals surface area contributed by atoms with Gasteiger partial charge < -0.3 is 15.8 Å². The molecule has 5 heteroatoms. The minimum absolute atomic E-state index is 0.0594. The molecular weight excluding hydrogens is 358 g/mol.